The van der Waals surface area contributed by atoms with Crippen molar-refractivity contribution in [2.45, 2.75) is 146 Å². The number of ether oxygens (including phenoxy) is 1. The molecule has 0 aromatic rings. The normalized spacial score (nSPS) is 27.3. The second kappa shape index (κ2) is 17.4. The number of aliphatic hydroxyl groups is 5. The van der Waals surface area contributed by atoms with Crippen LogP contribution >= 0.6 is 0 Å². The van der Waals surface area contributed by atoms with Crippen molar-refractivity contribution in [3.05, 3.63) is 0 Å². The average Bonchev–Trinajstić information content (AvgIpc) is 2.79. The maximum atomic E-state index is 12.4. The Kier molecular flexibility index (Phi) is 15.8. The molecule has 1 aliphatic rings. The smallest absolute Gasteiger partial charge is 0.146 e. The topological polar surface area (TPSA) is 168 Å². The summed E-state index contributed by atoms with van der Waals surface area (Å²) < 4.78 is 5.58. The second-order valence-electron chi connectivity index (χ2n) is 10.1. The van der Waals surface area contributed by atoms with Crippen LogP contribution < -0.4 is 5.11 Å². The van der Waals surface area contributed by atoms with Crippen molar-refractivity contribution in [2.75, 3.05) is 0 Å². The summed E-state index contributed by atoms with van der Waals surface area (Å²) in [5.74, 6) is -3.88. The summed E-state index contributed by atoms with van der Waals surface area (Å²) >= 11 is 0. The molecule has 1 fully saturated rings. The lowest BCUT2D eigenvalue weighted by Crippen LogP contribution is -2.56. The minimum absolute atomic E-state index is 0.228. The second-order valence-corrected chi connectivity index (χ2v) is 10.1. The molecule has 35 heavy (non-hydrogen) atoms. The predicted octanol–water partition coefficient (Wildman–Crippen LogP) is 0.995. The van der Waals surface area contributed by atoms with Crippen LogP contribution in [0.3, 0.4) is 0 Å². The van der Waals surface area contributed by atoms with Gasteiger partial charge in [0.2, 0.25) is 0 Å². The molecular weight excluding hydrogens is 456 g/mol. The van der Waals surface area contributed by atoms with Gasteiger partial charge in [-0.1, -0.05) is 71.1 Å². The molecule has 0 aromatic carbocycles. The molecule has 4 unspecified atom stereocenters. The Labute approximate surface area is 209 Å². The molecule has 9 nitrogen and oxygen atoms in total. The van der Waals surface area contributed by atoms with Crippen molar-refractivity contribution >= 4 is 11.8 Å². The Balaban J connectivity index is 2.22. The van der Waals surface area contributed by atoms with E-state index in [0.29, 0.717) is 25.7 Å². The van der Waals surface area contributed by atoms with Crippen LogP contribution in [-0.2, 0) is 14.3 Å². The Morgan fingerprint density at radius 3 is 2.03 bits per heavy atom. The van der Waals surface area contributed by atoms with Gasteiger partial charge in [0, 0.05) is 6.42 Å². The van der Waals surface area contributed by atoms with Gasteiger partial charge in [-0.05, 0) is 26.2 Å². The predicted molar refractivity (Wildman–Crippen MR) is 128 cm³/mol. The summed E-state index contributed by atoms with van der Waals surface area (Å²) in [7, 11) is 0. The molecule has 0 saturated carbocycles. The monoisotopic (exact) mass is 503 g/mol. The number of carbonyl (C=O) groups is 2. The van der Waals surface area contributed by atoms with E-state index in [1.165, 1.54) is 0 Å². The Morgan fingerprint density at radius 1 is 0.829 bits per heavy atom. The Hall–Kier alpha value is -1.10. The van der Waals surface area contributed by atoms with Crippen LogP contribution in [0.2, 0.25) is 0 Å². The first-order valence-corrected chi connectivity index (χ1v) is 13.4. The minimum atomic E-state index is -1.60. The molecule has 206 valence electrons. The third-order valence-corrected chi connectivity index (χ3v) is 7.00. The van der Waals surface area contributed by atoms with Crippen molar-refractivity contribution in [3.8, 4) is 0 Å². The lowest BCUT2D eigenvalue weighted by atomic mass is 9.89. The zero-order valence-electron chi connectivity index (χ0n) is 21.4. The van der Waals surface area contributed by atoms with Crippen LogP contribution in [0.5, 0.6) is 0 Å². The van der Waals surface area contributed by atoms with Gasteiger partial charge in [-0.3, -0.25) is 4.79 Å². The maximum Gasteiger partial charge on any atom is 0.146 e. The van der Waals surface area contributed by atoms with Crippen LogP contribution in [0.4, 0.5) is 0 Å². The maximum absolute atomic E-state index is 12.4. The van der Waals surface area contributed by atoms with E-state index < -0.39 is 60.4 Å². The number of hydrogen-bond acceptors (Lipinski definition) is 9. The molecule has 1 saturated heterocycles. The summed E-state index contributed by atoms with van der Waals surface area (Å²) in [4.78, 5) is 23.8. The van der Waals surface area contributed by atoms with E-state index in [9.17, 15) is 40.2 Å². The van der Waals surface area contributed by atoms with Crippen molar-refractivity contribution in [2.24, 2.45) is 5.92 Å². The number of ketones is 1. The van der Waals surface area contributed by atoms with Gasteiger partial charge in [0.25, 0.3) is 0 Å². The van der Waals surface area contributed by atoms with Gasteiger partial charge < -0.3 is 40.2 Å². The highest BCUT2D eigenvalue weighted by Crippen LogP contribution is 2.25. The molecule has 8 atom stereocenters. The molecule has 1 rings (SSSR count). The molecule has 5 N–H and O–H groups in total. The highest BCUT2D eigenvalue weighted by atomic mass is 16.5. The fraction of sp³-hybridized carbons (Fsp3) is 0.923. The molecule has 1 heterocycles. The number of Topliss-reactive ketones (excluding diaryl/α,β-unsaturated/α-hetero) is 1. The first kappa shape index (κ1) is 31.9. The summed E-state index contributed by atoms with van der Waals surface area (Å²) in [5.41, 5.74) is 0. The number of hydrogen-bond donors (Lipinski definition) is 5. The molecule has 0 radical (unpaired) electrons. The third kappa shape index (κ3) is 11.7. The van der Waals surface area contributed by atoms with E-state index in [1.807, 2.05) is 0 Å². The summed E-state index contributed by atoms with van der Waals surface area (Å²) in [6.07, 6.45) is 2.84. The van der Waals surface area contributed by atoms with Crippen LogP contribution in [0.25, 0.3) is 0 Å². The Morgan fingerprint density at radius 2 is 1.40 bits per heavy atom. The van der Waals surface area contributed by atoms with Crippen molar-refractivity contribution in [3.63, 3.8) is 0 Å². The van der Waals surface area contributed by atoms with Crippen LogP contribution in [-0.4, -0.2) is 80.0 Å². The Bertz CT molecular complexity index is 599. The fourth-order valence-electron chi connectivity index (χ4n) is 4.72. The highest BCUT2D eigenvalue weighted by Gasteiger charge is 2.41. The van der Waals surface area contributed by atoms with Crippen molar-refractivity contribution in [1.82, 2.24) is 0 Å². The van der Waals surface area contributed by atoms with Gasteiger partial charge in [-0.2, -0.15) is 0 Å². The van der Waals surface area contributed by atoms with Gasteiger partial charge >= 0.3 is 0 Å². The van der Waals surface area contributed by atoms with Gasteiger partial charge in [0.1, 0.15) is 24.1 Å². The quantitative estimate of drug-likeness (QED) is 0.127. The van der Waals surface area contributed by atoms with Gasteiger partial charge in [-0.15, -0.1) is 0 Å². The van der Waals surface area contributed by atoms with E-state index in [-0.39, 0.29) is 12.8 Å². The van der Waals surface area contributed by atoms with Crippen molar-refractivity contribution < 1.29 is 45.0 Å². The van der Waals surface area contributed by atoms with E-state index in [0.717, 1.165) is 51.4 Å². The zero-order chi connectivity index (χ0) is 26.4. The minimum Gasteiger partial charge on any atom is -0.549 e. The number of aliphatic hydroxyl groups excluding tert-OH is 5. The number of carboxylic acid groups (broad SMARTS) is 1. The highest BCUT2D eigenvalue weighted by molar-refractivity contribution is 5.98. The lowest BCUT2D eigenvalue weighted by molar-refractivity contribution is -0.312. The number of unbranched alkanes of at least 4 members (excludes halogenated alkanes) is 8. The van der Waals surface area contributed by atoms with E-state index >= 15 is 0 Å². The molecule has 9 heteroatoms. The third-order valence-electron chi connectivity index (χ3n) is 7.00. The van der Waals surface area contributed by atoms with Gasteiger partial charge in [0.15, 0.2) is 0 Å². The first-order chi connectivity index (χ1) is 16.6. The fourth-order valence-corrected chi connectivity index (χ4v) is 4.72. The first-order valence-electron chi connectivity index (χ1n) is 13.4. The number of aliphatic carboxylic acids is 1. The van der Waals surface area contributed by atoms with Crippen LogP contribution in [0.1, 0.15) is 104 Å². The molecule has 0 aliphatic carbocycles. The summed E-state index contributed by atoms with van der Waals surface area (Å²) in [5, 5.41) is 61.4. The van der Waals surface area contributed by atoms with Crippen LogP contribution in [0, 0.1) is 5.92 Å². The summed E-state index contributed by atoms with van der Waals surface area (Å²) in [6.45, 7) is 3.75. The SMILES string of the molecule is CCCCCCCC(O)C(C(=O)[O-])C(=O)CC(O)CCCCCCCC1O[C@H](C)[C@@H](O)[C@H](O)[C@@H]1O. The average molecular weight is 504 g/mol. The number of carboxylic acids is 1. The van der Waals surface area contributed by atoms with E-state index in [1.54, 1.807) is 6.92 Å². The largest absolute Gasteiger partial charge is 0.549 e. The zero-order valence-corrected chi connectivity index (χ0v) is 21.4. The molecular formula is C26H47O9-. The van der Waals surface area contributed by atoms with Gasteiger partial charge in [0.05, 0.1) is 36.3 Å². The van der Waals surface area contributed by atoms with Crippen molar-refractivity contribution in [1.29, 1.82) is 0 Å². The molecule has 0 bridgehead atoms. The van der Waals surface area contributed by atoms with E-state index in [4.69, 9.17) is 4.74 Å². The van der Waals surface area contributed by atoms with Gasteiger partial charge in [-0.25, -0.2) is 0 Å². The molecule has 0 amide bonds. The summed E-state index contributed by atoms with van der Waals surface area (Å²) in [6, 6.07) is 0. The standard InChI is InChI=1S/C26H48O9/c1-3-4-5-7-11-14-19(28)22(26(33)34)20(29)16-18(27)13-10-8-6-9-12-15-21-24(31)25(32)23(30)17(2)35-21/h17-19,21-25,27-28,30-32H,3-16H2,1-2H3,(H,33,34)/p-1/t17-,18?,19?,21?,22?,23-,24-,25+/m1/s1. The van der Waals surface area contributed by atoms with E-state index in [2.05, 4.69) is 6.92 Å². The lowest BCUT2D eigenvalue weighted by Gasteiger charge is -2.39. The van der Waals surface area contributed by atoms with Crippen LogP contribution in [0.15, 0.2) is 0 Å². The molecule has 0 spiro atoms. The molecule has 1 aliphatic heterocycles. The number of rotatable bonds is 19. The number of carbonyl (C=O) groups excluding carboxylic acids is 2. The molecule has 0 aromatic heterocycles.